The van der Waals surface area contributed by atoms with E-state index in [1.165, 1.54) is 6.08 Å². The van der Waals surface area contributed by atoms with Gasteiger partial charge in [-0.3, -0.25) is 9.78 Å². The van der Waals surface area contributed by atoms with Crippen molar-refractivity contribution in [3.63, 3.8) is 0 Å². The number of hydrogen-bond acceptors (Lipinski definition) is 3. The minimum Gasteiger partial charge on any atom is -0.388 e. The number of aliphatic hydroxyl groups is 1. The van der Waals surface area contributed by atoms with Gasteiger partial charge in [-0.25, -0.2) is 0 Å². The Morgan fingerprint density at radius 1 is 1.61 bits per heavy atom. The van der Waals surface area contributed by atoms with Crippen LogP contribution in [0.25, 0.3) is 6.08 Å². The first-order valence-electron chi connectivity index (χ1n) is 6.00. The second kappa shape index (κ2) is 6.31. The highest BCUT2D eigenvalue weighted by atomic mass is 16.3. The van der Waals surface area contributed by atoms with E-state index in [-0.39, 0.29) is 18.4 Å². The highest BCUT2D eigenvalue weighted by Crippen LogP contribution is 2.14. The van der Waals surface area contributed by atoms with Crippen molar-refractivity contribution in [2.45, 2.75) is 26.4 Å². The van der Waals surface area contributed by atoms with Gasteiger partial charge in [-0.15, -0.1) is 0 Å². The summed E-state index contributed by atoms with van der Waals surface area (Å²) in [6.07, 6.45) is 6.48. The maximum Gasteiger partial charge on any atom is 0.244 e. The van der Waals surface area contributed by atoms with Crippen molar-refractivity contribution in [2.75, 3.05) is 6.54 Å². The van der Waals surface area contributed by atoms with Crippen LogP contribution in [0.2, 0.25) is 0 Å². The van der Waals surface area contributed by atoms with Crippen molar-refractivity contribution in [2.24, 2.45) is 5.92 Å². The Hall–Kier alpha value is -1.68. The number of pyridine rings is 1. The van der Waals surface area contributed by atoms with Crippen molar-refractivity contribution in [3.05, 3.63) is 36.2 Å². The number of amides is 1. The molecule has 4 nitrogen and oxygen atoms in total. The maximum absolute atomic E-state index is 11.6. The molecule has 98 valence electrons. The average molecular weight is 248 g/mol. The number of nitrogens with one attached hydrogen (secondary N) is 1. The van der Waals surface area contributed by atoms with Crippen LogP contribution in [0, 0.1) is 5.92 Å². The molecular formula is C14H20N2O2. The monoisotopic (exact) mass is 248 g/mol. The van der Waals surface area contributed by atoms with Crippen molar-refractivity contribution >= 4 is 12.0 Å². The number of carbonyl (C=O) groups excluding carboxylic acids is 1. The molecule has 1 rings (SSSR count). The Morgan fingerprint density at radius 3 is 2.89 bits per heavy atom. The first-order chi connectivity index (χ1) is 8.42. The molecule has 2 N–H and O–H groups in total. The lowest BCUT2D eigenvalue weighted by Gasteiger charge is -2.27. The van der Waals surface area contributed by atoms with E-state index in [2.05, 4.69) is 10.3 Å². The van der Waals surface area contributed by atoms with Gasteiger partial charge in [0.05, 0.1) is 5.60 Å². The fourth-order valence-corrected chi connectivity index (χ4v) is 1.18. The van der Waals surface area contributed by atoms with Gasteiger partial charge < -0.3 is 10.4 Å². The van der Waals surface area contributed by atoms with E-state index in [0.29, 0.717) is 0 Å². The number of rotatable bonds is 5. The molecule has 4 heteroatoms. The molecule has 0 bridgehead atoms. The van der Waals surface area contributed by atoms with Crippen LogP contribution < -0.4 is 5.32 Å². The summed E-state index contributed by atoms with van der Waals surface area (Å²) in [5, 5.41) is 12.7. The van der Waals surface area contributed by atoms with Gasteiger partial charge in [0, 0.05) is 25.0 Å². The fraction of sp³-hybridized carbons (Fsp3) is 0.429. The lowest BCUT2D eigenvalue weighted by atomic mass is 9.92. The van der Waals surface area contributed by atoms with Gasteiger partial charge in [-0.2, -0.15) is 0 Å². The molecule has 0 radical (unpaired) electrons. The summed E-state index contributed by atoms with van der Waals surface area (Å²) in [7, 11) is 0. The van der Waals surface area contributed by atoms with E-state index >= 15 is 0 Å². The van der Waals surface area contributed by atoms with Crippen molar-refractivity contribution < 1.29 is 9.90 Å². The maximum atomic E-state index is 11.6. The quantitative estimate of drug-likeness (QED) is 0.778. The molecule has 0 aliphatic heterocycles. The molecule has 1 heterocycles. The molecule has 1 amide bonds. The van der Waals surface area contributed by atoms with E-state index in [9.17, 15) is 9.90 Å². The Balaban J connectivity index is 2.46. The van der Waals surface area contributed by atoms with Gasteiger partial charge in [-0.05, 0) is 30.5 Å². The molecule has 0 spiro atoms. The molecule has 18 heavy (non-hydrogen) atoms. The Morgan fingerprint density at radius 2 is 2.33 bits per heavy atom. The summed E-state index contributed by atoms with van der Waals surface area (Å²) in [5.41, 5.74) is -0.0269. The summed E-state index contributed by atoms with van der Waals surface area (Å²) in [4.78, 5) is 15.5. The van der Waals surface area contributed by atoms with Gasteiger partial charge in [0.1, 0.15) is 0 Å². The summed E-state index contributed by atoms with van der Waals surface area (Å²) >= 11 is 0. The molecule has 0 saturated carbocycles. The SMILES string of the molecule is CC(C)[C@@](C)(O)CNC(=O)/C=C\c1cccnc1. The Kier molecular flexibility index (Phi) is 5.04. The van der Waals surface area contributed by atoms with Gasteiger partial charge in [0.2, 0.25) is 5.91 Å². The van der Waals surface area contributed by atoms with Crippen molar-refractivity contribution in [1.29, 1.82) is 0 Å². The van der Waals surface area contributed by atoms with Crippen LogP contribution in [0.1, 0.15) is 26.3 Å². The van der Waals surface area contributed by atoms with Crippen LogP contribution in [0.5, 0.6) is 0 Å². The summed E-state index contributed by atoms with van der Waals surface area (Å²) in [5.74, 6) is -0.139. The van der Waals surface area contributed by atoms with E-state index in [4.69, 9.17) is 0 Å². The predicted octanol–water partition coefficient (Wildman–Crippen LogP) is 1.62. The topological polar surface area (TPSA) is 62.2 Å². The molecule has 1 aromatic heterocycles. The third kappa shape index (κ3) is 4.67. The number of aromatic nitrogens is 1. The second-order valence-corrected chi connectivity index (χ2v) is 4.85. The van der Waals surface area contributed by atoms with E-state index < -0.39 is 5.60 Å². The van der Waals surface area contributed by atoms with E-state index in [0.717, 1.165) is 5.56 Å². The standard InChI is InChI=1S/C14H20N2O2/c1-11(2)14(3,18)10-16-13(17)7-6-12-5-4-8-15-9-12/h4-9,11,18H,10H2,1-3H3,(H,16,17)/b7-6-/t14-/m0/s1. The zero-order valence-electron chi connectivity index (χ0n) is 11.1. The molecular weight excluding hydrogens is 228 g/mol. The molecule has 0 unspecified atom stereocenters. The predicted molar refractivity (Wildman–Crippen MR) is 71.7 cm³/mol. The summed E-state index contributed by atoms with van der Waals surface area (Å²) < 4.78 is 0. The Bertz CT molecular complexity index is 411. The average Bonchev–Trinajstić information content (AvgIpc) is 2.35. The molecule has 0 aliphatic carbocycles. The molecule has 0 aliphatic rings. The highest BCUT2D eigenvalue weighted by molar-refractivity contribution is 5.91. The zero-order valence-corrected chi connectivity index (χ0v) is 11.1. The minimum absolute atomic E-state index is 0.0834. The van der Waals surface area contributed by atoms with Crippen LogP contribution in [-0.4, -0.2) is 28.1 Å². The second-order valence-electron chi connectivity index (χ2n) is 4.85. The van der Waals surface area contributed by atoms with Crippen LogP contribution in [-0.2, 0) is 4.79 Å². The first-order valence-corrected chi connectivity index (χ1v) is 6.00. The van der Waals surface area contributed by atoms with Gasteiger partial charge >= 0.3 is 0 Å². The van der Waals surface area contributed by atoms with Crippen LogP contribution in [0.3, 0.4) is 0 Å². The van der Waals surface area contributed by atoms with Gasteiger partial charge in [0.25, 0.3) is 0 Å². The molecule has 0 aromatic carbocycles. The third-order valence-corrected chi connectivity index (χ3v) is 2.98. The van der Waals surface area contributed by atoms with Gasteiger partial charge in [0.15, 0.2) is 0 Å². The third-order valence-electron chi connectivity index (χ3n) is 2.98. The van der Waals surface area contributed by atoms with E-state index in [1.54, 1.807) is 31.5 Å². The van der Waals surface area contributed by atoms with Crippen LogP contribution in [0.15, 0.2) is 30.6 Å². The molecule has 0 fully saturated rings. The minimum atomic E-state index is -0.891. The fourth-order valence-electron chi connectivity index (χ4n) is 1.18. The number of carbonyl (C=O) groups is 1. The largest absolute Gasteiger partial charge is 0.388 e. The van der Waals surface area contributed by atoms with Gasteiger partial charge in [-0.1, -0.05) is 19.9 Å². The first kappa shape index (κ1) is 14.4. The lowest BCUT2D eigenvalue weighted by molar-refractivity contribution is -0.118. The Labute approximate surface area is 108 Å². The highest BCUT2D eigenvalue weighted by Gasteiger charge is 2.24. The van der Waals surface area contributed by atoms with Crippen LogP contribution in [0.4, 0.5) is 0 Å². The summed E-state index contributed by atoms with van der Waals surface area (Å²) in [6.45, 7) is 5.78. The normalized spacial score (nSPS) is 14.7. The number of nitrogens with zero attached hydrogens (tertiary/aromatic N) is 1. The zero-order chi connectivity index (χ0) is 13.6. The smallest absolute Gasteiger partial charge is 0.244 e. The summed E-state index contributed by atoms with van der Waals surface area (Å²) in [6, 6.07) is 3.67. The molecule has 1 aromatic rings. The number of hydrogen-bond donors (Lipinski definition) is 2. The van der Waals surface area contributed by atoms with E-state index in [1.807, 2.05) is 19.9 Å². The van der Waals surface area contributed by atoms with Crippen LogP contribution >= 0.6 is 0 Å². The van der Waals surface area contributed by atoms with Crippen molar-refractivity contribution in [3.8, 4) is 0 Å². The van der Waals surface area contributed by atoms with Crippen molar-refractivity contribution in [1.82, 2.24) is 10.3 Å². The molecule has 0 saturated heterocycles. The molecule has 1 atom stereocenters. The lowest BCUT2D eigenvalue weighted by Crippen LogP contribution is -2.43.